The van der Waals surface area contributed by atoms with Crippen LogP contribution in [0.4, 0.5) is 0 Å². The van der Waals surface area contributed by atoms with Crippen LogP contribution in [-0.4, -0.2) is 64.4 Å². The molecule has 0 aliphatic carbocycles. The van der Waals surface area contributed by atoms with Crippen LogP contribution >= 0.6 is 0 Å². The zero-order valence-corrected chi connectivity index (χ0v) is 19.2. The number of nitrogens with zero attached hydrogens (tertiary/aromatic N) is 2. The highest BCUT2D eigenvalue weighted by molar-refractivity contribution is 7.89. The lowest BCUT2D eigenvalue weighted by atomic mass is 10.0. The zero-order chi connectivity index (χ0) is 22.5. The molecule has 0 saturated carbocycles. The lowest BCUT2D eigenvalue weighted by molar-refractivity contribution is 0.0941. The number of likely N-dealkylation sites (N-methyl/N-ethyl adjacent to an activating group) is 1. The number of amides is 1. The van der Waals surface area contributed by atoms with E-state index in [4.69, 9.17) is 4.74 Å². The number of benzene rings is 2. The Morgan fingerprint density at radius 2 is 1.73 bits per heavy atom. The molecule has 0 aliphatic heterocycles. The van der Waals surface area contributed by atoms with Crippen molar-refractivity contribution in [1.82, 2.24) is 14.5 Å². The van der Waals surface area contributed by atoms with Crippen molar-refractivity contribution in [3.05, 3.63) is 59.7 Å². The van der Waals surface area contributed by atoms with E-state index in [0.717, 1.165) is 11.3 Å². The highest BCUT2D eigenvalue weighted by Crippen LogP contribution is 2.27. The lowest BCUT2D eigenvalue weighted by Gasteiger charge is -2.26. The molecule has 1 amide bonds. The van der Waals surface area contributed by atoms with E-state index in [2.05, 4.69) is 5.32 Å². The van der Waals surface area contributed by atoms with Gasteiger partial charge in [0.25, 0.3) is 5.91 Å². The van der Waals surface area contributed by atoms with Gasteiger partial charge in [0.15, 0.2) is 0 Å². The molecule has 0 spiro atoms. The number of hydrogen-bond donors (Lipinski definition) is 1. The molecule has 1 unspecified atom stereocenters. The van der Waals surface area contributed by atoms with Gasteiger partial charge >= 0.3 is 0 Å². The van der Waals surface area contributed by atoms with Gasteiger partial charge in [-0.2, -0.15) is 4.31 Å². The fourth-order valence-corrected chi connectivity index (χ4v) is 4.46. The molecule has 0 bridgehead atoms. The maximum atomic E-state index is 12.8. The standard InChI is InChI=1S/C22H31N3O4S/c1-16(2)25(5)30(27,28)18-11-9-10-17(14-18)22(26)23-15-20(24(3)4)19-12-7-8-13-21(19)29-6/h7-14,16,20H,15H2,1-6H3,(H,23,26). The maximum Gasteiger partial charge on any atom is 0.251 e. The minimum Gasteiger partial charge on any atom is -0.496 e. The second kappa shape index (κ2) is 10.1. The first kappa shape index (κ1) is 23.9. The number of carbonyl (C=O) groups is 1. The number of methoxy groups -OCH3 is 1. The van der Waals surface area contributed by atoms with E-state index in [0.29, 0.717) is 12.1 Å². The molecule has 0 radical (unpaired) electrons. The first-order chi connectivity index (χ1) is 14.1. The van der Waals surface area contributed by atoms with Gasteiger partial charge in [-0.05, 0) is 52.2 Å². The molecule has 2 rings (SSSR count). The number of para-hydroxylation sites is 1. The molecular weight excluding hydrogens is 402 g/mol. The summed E-state index contributed by atoms with van der Waals surface area (Å²) < 4.78 is 32.2. The zero-order valence-electron chi connectivity index (χ0n) is 18.4. The van der Waals surface area contributed by atoms with Crippen molar-refractivity contribution < 1.29 is 17.9 Å². The lowest BCUT2D eigenvalue weighted by Crippen LogP contribution is -2.35. The predicted molar refractivity (Wildman–Crippen MR) is 118 cm³/mol. The Morgan fingerprint density at radius 3 is 2.33 bits per heavy atom. The van der Waals surface area contributed by atoms with Crippen LogP contribution in [0.25, 0.3) is 0 Å². The van der Waals surface area contributed by atoms with Crippen LogP contribution in [0.1, 0.15) is 35.8 Å². The Kier molecular flexibility index (Phi) is 8.00. The number of sulfonamides is 1. The third kappa shape index (κ3) is 5.38. The molecule has 164 valence electrons. The van der Waals surface area contributed by atoms with Crippen molar-refractivity contribution in [1.29, 1.82) is 0 Å². The number of carbonyl (C=O) groups excluding carboxylic acids is 1. The van der Waals surface area contributed by atoms with Crippen LogP contribution in [0.3, 0.4) is 0 Å². The summed E-state index contributed by atoms with van der Waals surface area (Å²) in [5, 5.41) is 2.92. The van der Waals surface area contributed by atoms with Gasteiger partial charge in [0, 0.05) is 30.8 Å². The second-order valence-electron chi connectivity index (χ2n) is 7.57. The van der Waals surface area contributed by atoms with E-state index in [9.17, 15) is 13.2 Å². The summed E-state index contributed by atoms with van der Waals surface area (Å²) in [5.74, 6) is 0.413. The third-order valence-corrected chi connectivity index (χ3v) is 7.11. The molecule has 7 nitrogen and oxygen atoms in total. The molecule has 2 aromatic carbocycles. The molecule has 0 aromatic heterocycles. The SMILES string of the molecule is COc1ccccc1C(CNC(=O)c1cccc(S(=O)(=O)N(C)C(C)C)c1)N(C)C. The van der Waals surface area contributed by atoms with Gasteiger partial charge in [-0.3, -0.25) is 4.79 Å². The second-order valence-corrected chi connectivity index (χ2v) is 9.57. The summed E-state index contributed by atoms with van der Waals surface area (Å²) in [6.45, 7) is 3.94. The van der Waals surface area contributed by atoms with Crippen molar-refractivity contribution >= 4 is 15.9 Å². The summed E-state index contributed by atoms with van der Waals surface area (Å²) >= 11 is 0. The number of rotatable bonds is 9. The highest BCUT2D eigenvalue weighted by Gasteiger charge is 2.24. The monoisotopic (exact) mass is 433 g/mol. The van der Waals surface area contributed by atoms with Crippen LogP contribution in [0, 0.1) is 0 Å². The Balaban J connectivity index is 2.22. The molecule has 0 aliphatic rings. The van der Waals surface area contributed by atoms with Gasteiger partial charge in [0.1, 0.15) is 5.75 Å². The minimum absolute atomic E-state index is 0.0974. The summed E-state index contributed by atoms with van der Waals surface area (Å²) in [4.78, 5) is 14.9. The summed E-state index contributed by atoms with van der Waals surface area (Å²) in [7, 11) is 3.34. The first-order valence-electron chi connectivity index (χ1n) is 9.75. The number of nitrogens with one attached hydrogen (secondary N) is 1. The van der Waals surface area contributed by atoms with Crippen molar-refractivity contribution in [3.8, 4) is 5.75 Å². The van der Waals surface area contributed by atoms with Crippen LogP contribution in [0.2, 0.25) is 0 Å². The average Bonchev–Trinajstić information content (AvgIpc) is 2.73. The number of hydrogen-bond acceptors (Lipinski definition) is 5. The fourth-order valence-electron chi connectivity index (χ4n) is 3.05. The molecular formula is C22H31N3O4S. The van der Waals surface area contributed by atoms with E-state index in [1.165, 1.54) is 23.5 Å². The van der Waals surface area contributed by atoms with Gasteiger partial charge in [-0.15, -0.1) is 0 Å². The predicted octanol–water partition coefficient (Wildman–Crippen LogP) is 2.76. The molecule has 0 heterocycles. The fraction of sp³-hybridized carbons (Fsp3) is 0.409. The van der Waals surface area contributed by atoms with E-state index >= 15 is 0 Å². The Bertz CT molecular complexity index is 974. The normalized spacial score (nSPS) is 13.0. The van der Waals surface area contributed by atoms with E-state index in [-0.39, 0.29) is 22.9 Å². The average molecular weight is 434 g/mol. The van der Waals surface area contributed by atoms with Crippen molar-refractivity contribution in [3.63, 3.8) is 0 Å². The topological polar surface area (TPSA) is 78.9 Å². The molecule has 8 heteroatoms. The van der Waals surface area contributed by atoms with Crippen LogP contribution in [0.15, 0.2) is 53.4 Å². The van der Waals surface area contributed by atoms with Crippen molar-refractivity contribution in [2.24, 2.45) is 0 Å². The largest absolute Gasteiger partial charge is 0.496 e. The van der Waals surface area contributed by atoms with Crippen molar-refractivity contribution in [2.75, 3.05) is 34.8 Å². The minimum atomic E-state index is -3.66. The smallest absolute Gasteiger partial charge is 0.251 e. The Labute approximate surface area is 179 Å². The molecule has 2 aromatic rings. The van der Waals surface area contributed by atoms with Gasteiger partial charge in [0.2, 0.25) is 10.0 Å². The van der Waals surface area contributed by atoms with Crippen LogP contribution in [-0.2, 0) is 10.0 Å². The summed E-state index contributed by atoms with van der Waals surface area (Å²) in [6.07, 6.45) is 0. The third-order valence-electron chi connectivity index (χ3n) is 5.08. The summed E-state index contributed by atoms with van der Waals surface area (Å²) in [6, 6.07) is 13.5. The van der Waals surface area contributed by atoms with Crippen LogP contribution in [0.5, 0.6) is 5.75 Å². The number of ether oxygens (including phenoxy) is 1. The molecule has 0 saturated heterocycles. The molecule has 30 heavy (non-hydrogen) atoms. The Morgan fingerprint density at radius 1 is 1.07 bits per heavy atom. The van der Waals surface area contributed by atoms with Gasteiger partial charge < -0.3 is 15.0 Å². The van der Waals surface area contributed by atoms with Crippen LogP contribution < -0.4 is 10.1 Å². The van der Waals surface area contributed by atoms with Gasteiger partial charge in [0.05, 0.1) is 18.0 Å². The van der Waals surface area contributed by atoms with E-state index < -0.39 is 10.0 Å². The molecule has 0 fully saturated rings. The Hall–Kier alpha value is -2.42. The quantitative estimate of drug-likeness (QED) is 0.658. The van der Waals surface area contributed by atoms with E-state index in [1.807, 2.05) is 43.3 Å². The molecule has 1 atom stereocenters. The molecule has 1 N–H and O–H groups in total. The first-order valence-corrected chi connectivity index (χ1v) is 11.2. The van der Waals surface area contributed by atoms with Gasteiger partial charge in [-0.1, -0.05) is 24.3 Å². The maximum absolute atomic E-state index is 12.8. The van der Waals surface area contributed by atoms with Crippen molar-refractivity contribution in [2.45, 2.75) is 30.8 Å². The summed E-state index contributed by atoms with van der Waals surface area (Å²) in [5.41, 5.74) is 1.26. The highest BCUT2D eigenvalue weighted by atomic mass is 32.2. The van der Waals surface area contributed by atoms with E-state index in [1.54, 1.807) is 33.1 Å². The van der Waals surface area contributed by atoms with Gasteiger partial charge in [-0.25, -0.2) is 8.42 Å².